The van der Waals surface area contributed by atoms with Gasteiger partial charge in [0.15, 0.2) is 0 Å². The molecule has 0 saturated carbocycles. The number of halogens is 3. The predicted octanol–water partition coefficient (Wildman–Crippen LogP) is 5.36. The van der Waals surface area contributed by atoms with Gasteiger partial charge in [-0.25, -0.2) is 0 Å². The number of amides is 1. The van der Waals surface area contributed by atoms with E-state index in [1.165, 1.54) is 17.4 Å². The van der Waals surface area contributed by atoms with E-state index in [-0.39, 0.29) is 5.57 Å². The molecular formula is C14H7BrCl2N2OS. The summed E-state index contributed by atoms with van der Waals surface area (Å²) >= 11 is 16.5. The van der Waals surface area contributed by atoms with Gasteiger partial charge in [0, 0.05) is 30.5 Å². The maximum Gasteiger partial charge on any atom is 0.266 e. The monoisotopic (exact) mass is 400 g/mol. The number of hydrogen-bond donors (Lipinski definition) is 1. The Morgan fingerprint density at radius 1 is 1.29 bits per heavy atom. The molecule has 0 saturated heterocycles. The minimum absolute atomic E-state index is 0.000415. The lowest BCUT2D eigenvalue weighted by molar-refractivity contribution is -0.112. The van der Waals surface area contributed by atoms with Crippen LogP contribution in [-0.4, -0.2) is 5.91 Å². The Kier molecular flexibility index (Phi) is 5.43. The number of nitriles is 1. The number of thiophene rings is 1. The molecule has 2 aromatic rings. The zero-order valence-electron chi connectivity index (χ0n) is 10.4. The highest BCUT2D eigenvalue weighted by Crippen LogP contribution is 2.24. The van der Waals surface area contributed by atoms with Crippen LogP contribution in [0.15, 0.2) is 39.7 Å². The molecule has 0 fully saturated rings. The number of nitrogens with one attached hydrogen (secondary N) is 1. The van der Waals surface area contributed by atoms with Crippen molar-refractivity contribution in [1.29, 1.82) is 5.26 Å². The molecule has 0 radical (unpaired) electrons. The quantitative estimate of drug-likeness (QED) is 0.555. The molecule has 0 aliphatic carbocycles. The number of anilines is 1. The summed E-state index contributed by atoms with van der Waals surface area (Å²) in [6, 6.07) is 8.38. The Labute approximate surface area is 143 Å². The summed E-state index contributed by atoms with van der Waals surface area (Å²) in [5.41, 5.74) is 0.437. The van der Waals surface area contributed by atoms with Gasteiger partial charge in [0.25, 0.3) is 5.91 Å². The number of nitrogens with zero attached hydrogens (tertiary/aromatic N) is 1. The third-order valence-electron chi connectivity index (χ3n) is 2.36. The van der Waals surface area contributed by atoms with E-state index in [0.29, 0.717) is 15.7 Å². The van der Waals surface area contributed by atoms with E-state index in [2.05, 4.69) is 21.2 Å². The average Bonchev–Trinajstić information content (AvgIpc) is 2.80. The molecule has 1 amide bonds. The number of hydrogen-bond acceptors (Lipinski definition) is 3. The van der Waals surface area contributed by atoms with Gasteiger partial charge in [0.1, 0.15) is 11.6 Å². The van der Waals surface area contributed by atoms with Gasteiger partial charge < -0.3 is 5.32 Å². The van der Waals surface area contributed by atoms with Crippen LogP contribution < -0.4 is 5.32 Å². The molecule has 106 valence electrons. The van der Waals surface area contributed by atoms with Crippen LogP contribution in [0.5, 0.6) is 0 Å². The topological polar surface area (TPSA) is 52.9 Å². The first-order chi connectivity index (χ1) is 9.97. The molecular weight excluding hydrogens is 395 g/mol. The van der Waals surface area contributed by atoms with Gasteiger partial charge in [-0.15, -0.1) is 11.3 Å². The van der Waals surface area contributed by atoms with Gasteiger partial charge in [0.2, 0.25) is 0 Å². The lowest BCUT2D eigenvalue weighted by atomic mass is 10.2. The lowest BCUT2D eigenvalue weighted by Crippen LogP contribution is -2.13. The van der Waals surface area contributed by atoms with Crippen LogP contribution in [0.3, 0.4) is 0 Å². The standard InChI is InChI=1S/C14H7BrCl2N2OS/c15-9-2-13(21-7-9)1-8(6-18)14(20)19-12-4-10(16)3-11(17)5-12/h1-5,7H,(H,19,20)/b8-1+. The molecule has 21 heavy (non-hydrogen) atoms. The molecule has 1 heterocycles. The summed E-state index contributed by atoms with van der Waals surface area (Å²) in [7, 11) is 0. The highest BCUT2D eigenvalue weighted by Gasteiger charge is 2.11. The van der Waals surface area contributed by atoms with Crippen molar-refractivity contribution < 1.29 is 4.79 Å². The summed E-state index contributed by atoms with van der Waals surface area (Å²) in [5, 5.41) is 14.4. The maximum atomic E-state index is 12.1. The zero-order valence-corrected chi connectivity index (χ0v) is 14.3. The molecule has 1 N–H and O–H groups in total. The van der Waals surface area contributed by atoms with Crippen LogP contribution in [0.2, 0.25) is 10.0 Å². The van der Waals surface area contributed by atoms with Crippen LogP contribution >= 0.6 is 50.5 Å². The lowest BCUT2D eigenvalue weighted by Gasteiger charge is -2.05. The number of carbonyl (C=O) groups excluding carboxylic acids is 1. The Bertz CT molecular complexity index is 744. The van der Waals surface area contributed by atoms with Gasteiger partial charge >= 0.3 is 0 Å². The van der Waals surface area contributed by atoms with E-state index in [0.717, 1.165) is 9.35 Å². The first kappa shape index (κ1) is 16.1. The molecule has 3 nitrogen and oxygen atoms in total. The second kappa shape index (κ2) is 7.10. The van der Waals surface area contributed by atoms with E-state index < -0.39 is 5.91 Å². The molecule has 1 aromatic carbocycles. The molecule has 1 aromatic heterocycles. The summed E-state index contributed by atoms with van der Waals surface area (Å²) in [6.07, 6.45) is 1.52. The van der Waals surface area contributed by atoms with Crippen molar-refractivity contribution in [3.05, 3.63) is 54.6 Å². The van der Waals surface area contributed by atoms with Gasteiger partial charge in [-0.05, 0) is 46.3 Å². The van der Waals surface area contributed by atoms with Crippen molar-refractivity contribution in [2.24, 2.45) is 0 Å². The average molecular weight is 402 g/mol. The summed E-state index contributed by atoms with van der Waals surface area (Å²) in [4.78, 5) is 12.9. The molecule has 0 unspecified atom stereocenters. The zero-order chi connectivity index (χ0) is 15.4. The summed E-state index contributed by atoms with van der Waals surface area (Å²) < 4.78 is 0.901. The van der Waals surface area contributed by atoms with Crippen molar-refractivity contribution in [2.75, 3.05) is 5.32 Å². The van der Waals surface area contributed by atoms with Crippen molar-refractivity contribution in [3.8, 4) is 6.07 Å². The molecule has 0 aliphatic rings. The maximum absolute atomic E-state index is 12.1. The third-order valence-corrected chi connectivity index (χ3v) is 4.44. The van der Waals surface area contributed by atoms with Crippen molar-refractivity contribution in [2.45, 2.75) is 0 Å². The van der Waals surface area contributed by atoms with E-state index in [1.807, 2.05) is 17.5 Å². The van der Waals surface area contributed by atoms with Gasteiger partial charge in [-0.1, -0.05) is 23.2 Å². The van der Waals surface area contributed by atoms with Gasteiger partial charge in [-0.3, -0.25) is 4.79 Å². The van der Waals surface area contributed by atoms with Crippen LogP contribution in [0, 0.1) is 11.3 Å². The fraction of sp³-hybridized carbons (Fsp3) is 0. The SMILES string of the molecule is N#C/C(=C\c1cc(Br)cs1)C(=O)Nc1cc(Cl)cc(Cl)c1. The van der Waals surface area contributed by atoms with Crippen LogP contribution in [0.25, 0.3) is 6.08 Å². The Hall–Kier alpha value is -1.32. The Morgan fingerprint density at radius 2 is 1.95 bits per heavy atom. The highest BCUT2D eigenvalue weighted by atomic mass is 79.9. The Morgan fingerprint density at radius 3 is 2.48 bits per heavy atom. The van der Waals surface area contributed by atoms with Crippen molar-refractivity contribution in [3.63, 3.8) is 0 Å². The van der Waals surface area contributed by atoms with Gasteiger partial charge in [0.05, 0.1) is 0 Å². The van der Waals surface area contributed by atoms with Crippen LogP contribution in [0.4, 0.5) is 5.69 Å². The van der Waals surface area contributed by atoms with Crippen molar-refractivity contribution in [1.82, 2.24) is 0 Å². The molecule has 0 atom stereocenters. The number of benzene rings is 1. The number of rotatable bonds is 3. The second-order valence-electron chi connectivity index (χ2n) is 3.95. The van der Waals surface area contributed by atoms with Gasteiger partial charge in [-0.2, -0.15) is 5.26 Å². The molecule has 7 heteroatoms. The fourth-order valence-electron chi connectivity index (χ4n) is 1.52. The highest BCUT2D eigenvalue weighted by molar-refractivity contribution is 9.10. The normalized spacial score (nSPS) is 11.0. The largest absolute Gasteiger partial charge is 0.321 e. The van der Waals surface area contributed by atoms with E-state index in [1.54, 1.807) is 18.2 Å². The van der Waals surface area contributed by atoms with E-state index in [9.17, 15) is 4.79 Å². The predicted molar refractivity (Wildman–Crippen MR) is 90.7 cm³/mol. The van der Waals surface area contributed by atoms with E-state index in [4.69, 9.17) is 28.5 Å². The fourth-order valence-corrected chi connectivity index (χ4v) is 3.42. The molecule has 0 spiro atoms. The molecule has 0 bridgehead atoms. The second-order valence-corrected chi connectivity index (χ2v) is 6.68. The summed E-state index contributed by atoms with van der Waals surface area (Å²) in [5.74, 6) is -0.514. The number of carbonyl (C=O) groups is 1. The van der Waals surface area contributed by atoms with Crippen LogP contribution in [-0.2, 0) is 4.79 Å². The Balaban J connectivity index is 2.21. The third kappa shape index (κ3) is 4.58. The minimum Gasteiger partial charge on any atom is -0.321 e. The molecule has 2 rings (SSSR count). The van der Waals surface area contributed by atoms with E-state index >= 15 is 0 Å². The minimum atomic E-state index is -0.514. The molecule has 0 aliphatic heterocycles. The van der Waals surface area contributed by atoms with Crippen molar-refractivity contribution >= 4 is 68.1 Å². The van der Waals surface area contributed by atoms with Crippen LogP contribution in [0.1, 0.15) is 4.88 Å². The first-order valence-electron chi connectivity index (χ1n) is 5.61. The smallest absolute Gasteiger partial charge is 0.266 e. The first-order valence-corrected chi connectivity index (χ1v) is 8.04. The summed E-state index contributed by atoms with van der Waals surface area (Å²) in [6.45, 7) is 0.